The van der Waals surface area contributed by atoms with Gasteiger partial charge in [0.25, 0.3) is 5.91 Å². The lowest BCUT2D eigenvalue weighted by Crippen LogP contribution is -2.48. The molecule has 1 aliphatic rings. The van der Waals surface area contributed by atoms with Crippen molar-refractivity contribution in [2.45, 2.75) is 31.3 Å². The van der Waals surface area contributed by atoms with Gasteiger partial charge in [0.05, 0.1) is 4.90 Å². The van der Waals surface area contributed by atoms with E-state index in [9.17, 15) is 13.2 Å². The molecule has 1 saturated heterocycles. The Kier molecular flexibility index (Phi) is 6.43. The van der Waals surface area contributed by atoms with Gasteiger partial charge in [0.2, 0.25) is 10.0 Å². The van der Waals surface area contributed by atoms with E-state index in [1.54, 1.807) is 38.4 Å². The summed E-state index contributed by atoms with van der Waals surface area (Å²) in [5, 5.41) is 0. The smallest absolute Gasteiger partial charge is 0.253 e. The lowest BCUT2D eigenvalue weighted by molar-refractivity contribution is 0.0628. The molecule has 0 spiro atoms. The second-order valence-corrected chi connectivity index (χ2v) is 8.94. The molecule has 0 radical (unpaired) electrons. The van der Waals surface area contributed by atoms with Crippen LogP contribution in [0.4, 0.5) is 0 Å². The number of piperazine rings is 1. The molecule has 0 atom stereocenters. The largest absolute Gasteiger partial charge is 0.336 e. The minimum Gasteiger partial charge on any atom is -0.336 e. The molecule has 7 nitrogen and oxygen atoms in total. The van der Waals surface area contributed by atoms with Gasteiger partial charge >= 0.3 is 0 Å². The molecule has 0 bridgehead atoms. The third-order valence-corrected chi connectivity index (χ3v) is 6.29. The summed E-state index contributed by atoms with van der Waals surface area (Å²) in [4.78, 5) is 21.1. The monoisotopic (exact) mass is 402 g/mol. The van der Waals surface area contributed by atoms with Crippen LogP contribution >= 0.6 is 0 Å². The van der Waals surface area contributed by atoms with Crippen molar-refractivity contribution in [3.63, 3.8) is 0 Å². The van der Waals surface area contributed by atoms with Crippen molar-refractivity contribution in [1.82, 2.24) is 19.5 Å². The van der Waals surface area contributed by atoms with E-state index in [4.69, 9.17) is 0 Å². The van der Waals surface area contributed by atoms with Crippen LogP contribution in [0.5, 0.6) is 0 Å². The van der Waals surface area contributed by atoms with Crippen LogP contribution in [0.1, 0.15) is 29.8 Å². The van der Waals surface area contributed by atoms with Crippen LogP contribution in [0.3, 0.4) is 0 Å². The number of sulfonamides is 1. The van der Waals surface area contributed by atoms with Crippen molar-refractivity contribution in [2.24, 2.45) is 0 Å². The molecule has 2 aromatic rings. The van der Waals surface area contributed by atoms with E-state index in [-0.39, 0.29) is 16.8 Å². The van der Waals surface area contributed by atoms with Gasteiger partial charge in [0.1, 0.15) is 0 Å². The standard InChI is InChI=1S/C20H26N4O3S/c1-16(2)22-28(26,27)19-5-3-18(4-6-19)20(25)24-13-11-23(12-14-24)15-17-7-9-21-10-8-17/h3-10,16,22H,11-15H2,1-2H3. The maximum Gasteiger partial charge on any atom is 0.253 e. The van der Waals surface area contributed by atoms with E-state index in [1.807, 2.05) is 17.0 Å². The molecule has 1 aromatic carbocycles. The number of pyridine rings is 1. The molecule has 3 rings (SSSR count). The highest BCUT2D eigenvalue weighted by Gasteiger charge is 2.23. The summed E-state index contributed by atoms with van der Waals surface area (Å²) < 4.78 is 26.9. The van der Waals surface area contributed by atoms with Gasteiger partial charge in [0.15, 0.2) is 0 Å². The van der Waals surface area contributed by atoms with Crippen LogP contribution in [0.2, 0.25) is 0 Å². The Labute approximate surface area is 166 Å². The fourth-order valence-electron chi connectivity index (χ4n) is 3.19. The fraction of sp³-hybridized carbons (Fsp3) is 0.400. The van der Waals surface area contributed by atoms with Crippen molar-refractivity contribution < 1.29 is 13.2 Å². The lowest BCUT2D eigenvalue weighted by Gasteiger charge is -2.34. The van der Waals surface area contributed by atoms with Crippen molar-refractivity contribution in [3.05, 3.63) is 59.9 Å². The SMILES string of the molecule is CC(C)NS(=O)(=O)c1ccc(C(=O)N2CCN(Cc3ccncc3)CC2)cc1. The summed E-state index contributed by atoms with van der Waals surface area (Å²) in [5.74, 6) is -0.0654. The molecule has 1 N–H and O–H groups in total. The average molecular weight is 403 g/mol. The predicted octanol–water partition coefficient (Wildman–Crippen LogP) is 1.73. The molecule has 1 amide bonds. The Bertz CT molecular complexity index is 891. The number of hydrogen-bond donors (Lipinski definition) is 1. The van der Waals surface area contributed by atoms with E-state index in [1.165, 1.54) is 17.7 Å². The summed E-state index contributed by atoms with van der Waals surface area (Å²) in [6, 6.07) is 9.95. The minimum absolute atomic E-state index is 0.0654. The number of hydrogen-bond acceptors (Lipinski definition) is 5. The number of aromatic nitrogens is 1. The number of nitrogens with zero attached hydrogens (tertiary/aromatic N) is 3. The van der Waals surface area contributed by atoms with Gasteiger partial charge in [-0.3, -0.25) is 14.7 Å². The maximum absolute atomic E-state index is 12.7. The zero-order chi connectivity index (χ0) is 20.1. The van der Waals surface area contributed by atoms with Crippen molar-refractivity contribution in [1.29, 1.82) is 0 Å². The van der Waals surface area contributed by atoms with Gasteiger partial charge < -0.3 is 4.90 Å². The average Bonchev–Trinajstić information content (AvgIpc) is 2.68. The molecule has 2 heterocycles. The summed E-state index contributed by atoms with van der Waals surface area (Å²) in [7, 11) is -3.55. The quantitative estimate of drug-likeness (QED) is 0.796. The number of carbonyl (C=O) groups is 1. The Hall–Kier alpha value is -2.29. The Balaban J connectivity index is 1.58. The van der Waals surface area contributed by atoms with E-state index in [0.29, 0.717) is 18.7 Å². The number of rotatable bonds is 6. The van der Waals surface area contributed by atoms with E-state index in [0.717, 1.165) is 19.6 Å². The van der Waals surface area contributed by atoms with Gasteiger partial charge in [-0.1, -0.05) is 0 Å². The Morgan fingerprint density at radius 1 is 1.04 bits per heavy atom. The molecule has 1 aliphatic heterocycles. The molecule has 0 aliphatic carbocycles. The molecule has 8 heteroatoms. The number of carbonyl (C=O) groups excluding carboxylic acids is 1. The topological polar surface area (TPSA) is 82.6 Å². The molecule has 0 unspecified atom stereocenters. The van der Waals surface area contributed by atoms with Gasteiger partial charge in [-0.05, 0) is 55.8 Å². The second-order valence-electron chi connectivity index (χ2n) is 7.22. The zero-order valence-corrected chi connectivity index (χ0v) is 17.0. The van der Waals surface area contributed by atoms with Gasteiger partial charge in [0, 0.05) is 56.7 Å². The van der Waals surface area contributed by atoms with Gasteiger partial charge in [-0.2, -0.15) is 0 Å². The van der Waals surface area contributed by atoms with Crippen molar-refractivity contribution in [2.75, 3.05) is 26.2 Å². The molecular formula is C20H26N4O3S. The molecule has 0 saturated carbocycles. The van der Waals surface area contributed by atoms with E-state index >= 15 is 0 Å². The first-order valence-electron chi connectivity index (χ1n) is 9.38. The van der Waals surface area contributed by atoms with Crippen LogP contribution in [-0.2, 0) is 16.6 Å². The van der Waals surface area contributed by atoms with Crippen LogP contribution < -0.4 is 4.72 Å². The van der Waals surface area contributed by atoms with Gasteiger partial charge in [-0.25, -0.2) is 13.1 Å². The maximum atomic E-state index is 12.7. The van der Waals surface area contributed by atoms with Crippen molar-refractivity contribution in [3.8, 4) is 0 Å². The molecule has 1 aromatic heterocycles. The second kappa shape index (κ2) is 8.81. The summed E-state index contributed by atoms with van der Waals surface area (Å²) in [5.41, 5.74) is 1.72. The highest BCUT2D eigenvalue weighted by atomic mass is 32.2. The summed E-state index contributed by atoms with van der Waals surface area (Å²) in [6.07, 6.45) is 3.57. The third kappa shape index (κ3) is 5.15. The normalized spacial score (nSPS) is 15.8. The van der Waals surface area contributed by atoms with Gasteiger partial charge in [-0.15, -0.1) is 0 Å². The number of benzene rings is 1. The first-order valence-corrected chi connectivity index (χ1v) is 10.9. The highest BCUT2D eigenvalue weighted by Crippen LogP contribution is 2.15. The lowest BCUT2D eigenvalue weighted by atomic mass is 10.1. The first kappa shape index (κ1) is 20.4. The first-order chi connectivity index (χ1) is 13.3. The highest BCUT2D eigenvalue weighted by molar-refractivity contribution is 7.89. The number of nitrogens with one attached hydrogen (secondary N) is 1. The van der Waals surface area contributed by atoms with E-state index in [2.05, 4.69) is 14.6 Å². The molecule has 28 heavy (non-hydrogen) atoms. The van der Waals surface area contributed by atoms with Crippen LogP contribution in [-0.4, -0.2) is 61.3 Å². The Morgan fingerprint density at radius 3 is 2.21 bits per heavy atom. The molecule has 1 fully saturated rings. The number of amides is 1. The zero-order valence-electron chi connectivity index (χ0n) is 16.2. The Morgan fingerprint density at radius 2 is 1.64 bits per heavy atom. The molecular weight excluding hydrogens is 376 g/mol. The molecule has 150 valence electrons. The summed E-state index contributed by atoms with van der Waals surface area (Å²) >= 11 is 0. The van der Waals surface area contributed by atoms with Crippen LogP contribution in [0.15, 0.2) is 53.7 Å². The fourth-order valence-corrected chi connectivity index (χ4v) is 4.44. The van der Waals surface area contributed by atoms with E-state index < -0.39 is 10.0 Å². The summed E-state index contributed by atoms with van der Waals surface area (Å²) in [6.45, 7) is 7.29. The predicted molar refractivity (Wildman–Crippen MR) is 107 cm³/mol. The third-order valence-electron chi connectivity index (χ3n) is 4.62. The van der Waals surface area contributed by atoms with Crippen molar-refractivity contribution >= 4 is 15.9 Å². The minimum atomic E-state index is -3.55. The van der Waals surface area contributed by atoms with Crippen LogP contribution in [0, 0.1) is 0 Å². The van der Waals surface area contributed by atoms with Crippen LogP contribution in [0.25, 0.3) is 0 Å².